The summed E-state index contributed by atoms with van der Waals surface area (Å²) in [6.45, 7) is -0.145. The quantitative estimate of drug-likeness (QED) is 0.256. The number of fused-ring (bicyclic) bond motifs is 2. The molecule has 224 valence electrons. The number of hydrogen-bond acceptors (Lipinski definition) is 7. The third-order valence-electron chi connectivity index (χ3n) is 7.11. The van der Waals surface area contributed by atoms with Gasteiger partial charge in [0.1, 0.15) is 22.6 Å². The minimum Gasteiger partial charge on any atom is -0.475 e. The van der Waals surface area contributed by atoms with Crippen LogP contribution in [0.1, 0.15) is 43.3 Å². The van der Waals surface area contributed by atoms with Gasteiger partial charge in [-0.1, -0.05) is 23.7 Å². The first-order valence-corrected chi connectivity index (χ1v) is 14.0. The highest BCUT2D eigenvalue weighted by molar-refractivity contribution is 7.16. The topological polar surface area (TPSA) is 142 Å². The van der Waals surface area contributed by atoms with Crippen LogP contribution in [0.5, 0.6) is 0 Å². The van der Waals surface area contributed by atoms with Crippen LogP contribution in [0.2, 0.25) is 5.02 Å². The molecule has 2 aromatic carbocycles. The number of ketones is 1. The molecule has 5 rings (SSSR count). The molecule has 0 bridgehead atoms. The Morgan fingerprint density at radius 3 is 2.56 bits per heavy atom. The Morgan fingerprint density at radius 1 is 1.14 bits per heavy atom. The molecule has 1 fully saturated rings. The molecule has 0 radical (unpaired) electrons. The Bertz CT molecular complexity index is 1670. The second kappa shape index (κ2) is 11.7. The van der Waals surface area contributed by atoms with Crippen molar-refractivity contribution in [3.05, 3.63) is 85.8 Å². The third kappa shape index (κ3) is 5.92. The second-order valence-electron chi connectivity index (χ2n) is 9.93. The van der Waals surface area contributed by atoms with E-state index in [9.17, 15) is 32.8 Å². The first-order chi connectivity index (χ1) is 20.4. The summed E-state index contributed by atoms with van der Waals surface area (Å²) in [6, 6.07) is 7.16. The van der Waals surface area contributed by atoms with E-state index in [1.165, 1.54) is 29.2 Å². The van der Waals surface area contributed by atoms with Gasteiger partial charge in [0.05, 0.1) is 27.7 Å². The van der Waals surface area contributed by atoms with Crippen molar-refractivity contribution in [2.45, 2.75) is 30.9 Å². The predicted octanol–water partition coefficient (Wildman–Crippen LogP) is 4.51. The number of ether oxygens (including phenoxy) is 1. The number of nitrogens with one attached hydrogen (secondary N) is 2. The molecule has 3 amide bonds. The van der Waals surface area contributed by atoms with Crippen LogP contribution in [-0.2, 0) is 26.3 Å². The summed E-state index contributed by atoms with van der Waals surface area (Å²) >= 11 is 6.33. The van der Waals surface area contributed by atoms with E-state index in [-0.39, 0.29) is 53.5 Å². The fourth-order valence-electron chi connectivity index (χ4n) is 5.20. The number of carbonyl (C=O) groups is 5. The van der Waals surface area contributed by atoms with Gasteiger partial charge in [0.2, 0.25) is 5.91 Å². The molecule has 0 saturated carbocycles. The van der Waals surface area contributed by atoms with Gasteiger partial charge in [-0.3, -0.25) is 19.7 Å². The van der Waals surface area contributed by atoms with E-state index in [0.717, 1.165) is 12.1 Å². The van der Waals surface area contributed by atoms with E-state index >= 15 is 4.39 Å². The van der Waals surface area contributed by atoms with Crippen molar-refractivity contribution in [3.8, 4) is 0 Å². The van der Waals surface area contributed by atoms with Gasteiger partial charge in [0, 0.05) is 13.0 Å². The highest BCUT2D eigenvalue weighted by Crippen LogP contribution is 2.45. The summed E-state index contributed by atoms with van der Waals surface area (Å²) in [6.07, 6.45) is -0.566. The van der Waals surface area contributed by atoms with Crippen LogP contribution in [0.4, 0.5) is 23.7 Å². The summed E-state index contributed by atoms with van der Waals surface area (Å²) in [5, 5.41) is 13.6. The van der Waals surface area contributed by atoms with Crippen molar-refractivity contribution in [1.29, 1.82) is 0 Å². The van der Waals surface area contributed by atoms with Crippen LogP contribution < -0.4 is 10.6 Å². The molecule has 0 aliphatic carbocycles. The number of nitrogens with zero attached hydrogens (tertiary/aromatic N) is 1. The maximum atomic E-state index is 15.3. The molecule has 43 heavy (non-hydrogen) atoms. The van der Waals surface area contributed by atoms with Crippen molar-refractivity contribution in [2.24, 2.45) is 0 Å². The lowest BCUT2D eigenvalue weighted by Gasteiger charge is -2.45. The monoisotopic (exact) mass is 635 g/mol. The molecule has 3 aromatic rings. The fraction of sp³-hybridized carbons (Fsp3) is 0.250. The molecule has 2 aliphatic rings. The number of carboxylic acid groups (broad SMARTS) is 1. The largest absolute Gasteiger partial charge is 0.475 e. The normalized spacial score (nSPS) is 18.3. The Morgan fingerprint density at radius 2 is 1.86 bits per heavy atom. The second-order valence-corrected chi connectivity index (χ2v) is 11.4. The average molecular weight is 636 g/mol. The number of halogens is 4. The van der Waals surface area contributed by atoms with Crippen LogP contribution in [0.3, 0.4) is 0 Å². The van der Waals surface area contributed by atoms with E-state index in [1.54, 1.807) is 0 Å². The van der Waals surface area contributed by atoms with Gasteiger partial charge >= 0.3 is 12.1 Å². The number of anilines is 1. The number of thiophene rings is 1. The first kappa shape index (κ1) is 30.0. The van der Waals surface area contributed by atoms with E-state index in [0.29, 0.717) is 23.0 Å². The van der Waals surface area contributed by atoms with Crippen molar-refractivity contribution >= 4 is 58.3 Å². The minimum atomic E-state index is -1.91. The van der Waals surface area contributed by atoms with Gasteiger partial charge in [-0.25, -0.2) is 22.8 Å². The number of piperidine rings is 1. The van der Waals surface area contributed by atoms with Crippen molar-refractivity contribution in [1.82, 2.24) is 10.2 Å². The zero-order chi connectivity index (χ0) is 31.1. The molecule has 2 aliphatic heterocycles. The highest BCUT2D eigenvalue weighted by atomic mass is 35.5. The Kier molecular flexibility index (Phi) is 8.16. The van der Waals surface area contributed by atoms with Crippen LogP contribution in [0.15, 0.2) is 42.5 Å². The lowest BCUT2D eigenvalue weighted by Crippen LogP contribution is -2.57. The molecule has 2 atom stereocenters. The number of likely N-dealkylation sites (tertiary alicyclic amines) is 1. The van der Waals surface area contributed by atoms with E-state index in [4.69, 9.17) is 21.4 Å². The smallest absolute Gasteiger partial charge is 0.412 e. The van der Waals surface area contributed by atoms with Gasteiger partial charge in [0.15, 0.2) is 11.4 Å². The van der Waals surface area contributed by atoms with Crippen molar-refractivity contribution < 1.29 is 47.0 Å². The molecule has 1 unspecified atom stereocenters. The number of rotatable bonds is 7. The SMILES string of the molecule is O=C1Nc2ccc(Cl)c(F)c2C2(CCCN(C(=O)[C@H](Cc3ccc(F)cc3)NC(=O)c3cc(F)c(C(=O)C(=O)O)s3)C2)O1. The molecule has 15 heteroatoms. The predicted molar refractivity (Wildman–Crippen MR) is 147 cm³/mol. The van der Waals surface area contributed by atoms with Crippen LogP contribution in [0, 0.1) is 17.5 Å². The van der Waals surface area contributed by atoms with Gasteiger partial charge in [0.25, 0.3) is 11.7 Å². The van der Waals surface area contributed by atoms with Gasteiger partial charge in [-0.15, -0.1) is 11.3 Å². The van der Waals surface area contributed by atoms with E-state index < -0.39 is 63.6 Å². The number of amides is 3. The summed E-state index contributed by atoms with van der Waals surface area (Å²) in [5.74, 6) is -7.67. The number of hydrogen-bond donors (Lipinski definition) is 3. The zero-order valence-corrected chi connectivity index (χ0v) is 23.5. The molecule has 3 N–H and O–H groups in total. The average Bonchev–Trinajstić information content (AvgIpc) is 3.36. The highest BCUT2D eigenvalue weighted by Gasteiger charge is 2.49. The number of benzene rings is 2. The van der Waals surface area contributed by atoms with E-state index in [2.05, 4.69) is 10.6 Å². The zero-order valence-electron chi connectivity index (χ0n) is 21.9. The molecule has 3 heterocycles. The Labute approximate surface area is 250 Å². The number of carboxylic acids is 1. The summed E-state index contributed by atoms with van der Waals surface area (Å²) < 4.78 is 48.8. The Hall–Kier alpha value is -4.43. The number of carbonyl (C=O) groups excluding carboxylic acids is 4. The molecular weight excluding hydrogens is 615 g/mol. The third-order valence-corrected chi connectivity index (χ3v) is 8.51. The summed E-state index contributed by atoms with van der Waals surface area (Å²) in [4.78, 5) is 62.4. The molecule has 1 spiro atoms. The van der Waals surface area contributed by atoms with Crippen LogP contribution in [0.25, 0.3) is 0 Å². The van der Waals surface area contributed by atoms with Gasteiger partial charge in [-0.05, 0) is 48.7 Å². The Balaban J connectivity index is 1.45. The van der Waals surface area contributed by atoms with E-state index in [1.807, 2.05) is 0 Å². The molecular formula is C28H21ClF3N3O7S. The molecule has 1 saturated heterocycles. The maximum absolute atomic E-state index is 15.3. The summed E-state index contributed by atoms with van der Waals surface area (Å²) in [7, 11) is 0. The lowest BCUT2D eigenvalue weighted by atomic mass is 9.82. The van der Waals surface area contributed by atoms with Crippen LogP contribution >= 0.6 is 22.9 Å². The standard InChI is InChI=1S/C28H21ClF3N3O7S/c29-15-6-7-17-20(21(15)32)28(42-27(41)34-17)8-1-9-35(12-28)25(38)18(10-13-2-4-14(30)5-3-13)33-24(37)19-11-16(31)23(43-19)22(36)26(39)40/h2-7,11,18H,1,8-10,12H2,(H,33,37)(H,34,41)(H,39,40)/t18-,28?/m0/s1. The van der Waals surface area contributed by atoms with Crippen molar-refractivity contribution in [3.63, 3.8) is 0 Å². The fourth-order valence-corrected chi connectivity index (χ4v) is 6.23. The number of Topliss-reactive ketones (excluding diaryl/α,β-unsaturated/α-hetero) is 1. The summed E-state index contributed by atoms with van der Waals surface area (Å²) in [5.41, 5.74) is -1.04. The molecule has 1 aromatic heterocycles. The maximum Gasteiger partial charge on any atom is 0.412 e. The van der Waals surface area contributed by atoms with Gasteiger partial charge in [-0.2, -0.15) is 0 Å². The minimum absolute atomic E-state index is 0.0269. The van der Waals surface area contributed by atoms with Crippen LogP contribution in [-0.4, -0.2) is 58.8 Å². The van der Waals surface area contributed by atoms with Gasteiger partial charge < -0.3 is 20.1 Å². The number of aliphatic carboxylic acids is 1. The van der Waals surface area contributed by atoms with Crippen molar-refractivity contribution in [2.75, 3.05) is 18.4 Å². The lowest BCUT2D eigenvalue weighted by molar-refractivity contribution is -0.141. The first-order valence-electron chi connectivity index (χ1n) is 12.8. The molecule has 10 nitrogen and oxygen atoms in total.